The van der Waals surface area contributed by atoms with Crippen LogP contribution < -0.4 is 4.90 Å². The summed E-state index contributed by atoms with van der Waals surface area (Å²) in [4.78, 5) is 58.5. The number of nitrogens with zero attached hydrogens (tertiary/aromatic N) is 5. The maximum atomic E-state index is 13.5. The zero-order chi connectivity index (χ0) is 38.1. The topological polar surface area (TPSA) is 105 Å². The SMILES string of the molecule is O=C(CN1Cc2cc3c(cc2C1)C(=O)N(N1C(=O)CCCC1=O)C3)N1CCC2(CC1)CN(c1ccc([C@@H]3c4ccc(O)cc4CC[C@@H]3c3ccccc3)cc1)C2. The molecule has 0 aromatic heterocycles. The Morgan fingerprint density at radius 1 is 0.732 bits per heavy atom. The third-order valence-electron chi connectivity index (χ3n) is 13.5. The molecular weight excluding hydrogens is 703 g/mol. The lowest BCUT2D eigenvalue weighted by Crippen LogP contribution is -2.61. The highest BCUT2D eigenvalue weighted by Gasteiger charge is 2.46. The van der Waals surface area contributed by atoms with E-state index in [1.54, 1.807) is 0 Å². The highest BCUT2D eigenvalue weighted by molar-refractivity contribution is 6.04. The molecule has 56 heavy (non-hydrogen) atoms. The quantitative estimate of drug-likeness (QED) is 0.238. The van der Waals surface area contributed by atoms with Crippen molar-refractivity contribution < 1.29 is 24.3 Å². The van der Waals surface area contributed by atoms with Gasteiger partial charge in [0.15, 0.2) is 0 Å². The van der Waals surface area contributed by atoms with Gasteiger partial charge in [0, 0.05) is 74.7 Å². The Bertz CT molecular complexity index is 2220. The van der Waals surface area contributed by atoms with Crippen LogP contribution in [0.1, 0.15) is 99.7 Å². The number of rotatable bonds is 6. The maximum Gasteiger partial charge on any atom is 0.273 e. The molecule has 1 aliphatic carbocycles. The molecule has 2 atom stereocenters. The monoisotopic (exact) mass is 749 g/mol. The van der Waals surface area contributed by atoms with Gasteiger partial charge in [-0.3, -0.25) is 24.1 Å². The number of hydrogen-bond donors (Lipinski definition) is 1. The fourth-order valence-electron chi connectivity index (χ4n) is 10.5. The number of phenolic OH excluding ortho intramolecular Hbond substituents is 1. The van der Waals surface area contributed by atoms with Gasteiger partial charge in [-0.25, -0.2) is 5.01 Å². The average Bonchev–Trinajstić information content (AvgIpc) is 3.74. The predicted octanol–water partition coefficient (Wildman–Crippen LogP) is 6.11. The van der Waals surface area contributed by atoms with E-state index in [2.05, 4.69) is 70.5 Å². The third kappa shape index (κ3) is 6.05. The van der Waals surface area contributed by atoms with Crippen molar-refractivity contribution in [1.29, 1.82) is 0 Å². The van der Waals surface area contributed by atoms with Crippen molar-refractivity contribution in [2.45, 2.75) is 76.4 Å². The molecule has 0 unspecified atom stereocenters. The number of aryl methyl sites for hydroxylation is 1. The molecule has 286 valence electrons. The van der Waals surface area contributed by atoms with E-state index in [0.29, 0.717) is 43.3 Å². The Morgan fingerprint density at radius 2 is 1.45 bits per heavy atom. The molecule has 10 nitrogen and oxygen atoms in total. The normalized spacial score (nSPS) is 23.0. The van der Waals surface area contributed by atoms with Gasteiger partial charge in [0.1, 0.15) is 5.75 Å². The minimum Gasteiger partial charge on any atom is -0.508 e. The summed E-state index contributed by atoms with van der Waals surface area (Å²) in [6.45, 7) is 5.36. The lowest BCUT2D eigenvalue weighted by molar-refractivity contribution is -0.163. The number of fused-ring (bicyclic) bond motifs is 3. The van der Waals surface area contributed by atoms with Crippen molar-refractivity contribution in [1.82, 2.24) is 19.8 Å². The zero-order valence-corrected chi connectivity index (χ0v) is 31.7. The van der Waals surface area contributed by atoms with Gasteiger partial charge in [-0.15, -0.1) is 0 Å². The Balaban J connectivity index is 0.736. The number of benzene rings is 4. The van der Waals surface area contributed by atoms with Gasteiger partial charge in [-0.1, -0.05) is 54.6 Å². The molecule has 10 rings (SSSR count). The summed E-state index contributed by atoms with van der Waals surface area (Å²) in [6, 6.07) is 29.8. The van der Waals surface area contributed by atoms with E-state index in [-0.39, 0.29) is 54.3 Å². The van der Waals surface area contributed by atoms with E-state index in [4.69, 9.17) is 0 Å². The Morgan fingerprint density at radius 3 is 2.18 bits per heavy atom. The molecular formula is C46H47N5O5. The summed E-state index contributed by atoms with van der Waals surface area (Å²) >= 11 is 0. The molecule has 3 fully saturated rings. The smallest absolute Gasteiger partial charge is 0.273 e. The summed E-state index contributed by atoms with van der Waals surface area (Å²) < 4.78 is 0. The second-order valence-electron chi connectivity index (χ2n) is 17.0. The fourth-order valence-corrected chi connectivity index (χ4v) is 10.5. The summed E-state index contributed by atoms with van der Waals surface area (Å²) in [5.74, 6) is 0.171. The highest BCUT2D eigenvalue weighted by atomic mass is 16.3. The van der Waals surface area contributed by atoms with E-state index in [1.807, 2.05) is 29.2 Å². The minimum absolute atomic E-state index is 0.157. The fraction of sp³-hybridized carbons (Fsp3) is 0.391. The average molecular weight is 750 g/mol. The van der Waals surface area contributed by atoms with Crippen molar-refractivity contribution in [2.24, 2.45) is 5.41 Å². The van der Waals surface area contributed by atoms with Crippen LogP contribution >= 0.6 is 0 Å². The molecule has 5 aliphatic heterocycles. The molecule has 10 heteroatoms. The van der Waals surface area contributed by atoms with Gasteiger partial charge in [-0.2, -0.15) is 5.01 Å². The lowest BCUT2D eigenvalue weighted by Gasteiger charge is -2.55. The number of piperidine rings is 2. The number of anilines is 1. The molecule has 0 radical (unpaired) electrons. The summed E-state index contributed by atoms with van der Waals surface area (Å²) in [5, 5.41) is 12.6. The predicted molar refractivity (Wildman–Crippen MR) is 210 cm³/mol. The standard InChI is InChI=1S/C46H47N5O5/c52-37-14-16-39-32(22-37)11-15-38(30-5-2-1-3-6-30)44(39)31-9-12-36(13-10-31)49-28-46(29-49)17-19-48(20-18-46)43(55)27-47-24-33-21-35-26-50(45(56)40(35)23-34(33)25-47)51-41(53)7-4-8-42(51)54/h1-3,5-6,9-10,12-14,16,21-23,38,44,52H,4,7-8,11,15,17-20,24-29H2/t38-,44+/m1/s1. The molecule has 1 spiro atoms. The number of hydrazine groups is 1. The first-order valence-electron chi connectivity index (χ1n) is 20.3. The van der Waals surface area contributed by atoms with E-state index in [9.17, 15) is 24.3 Å². The zero-order valence-electron chi connectivity index (χ0n) is 31.7. The number of aromatic hydroxyl groups is 1. The molecule has 0 bridgehead atoms. The number of likely N-dealkylation sites (tertiary alicyclic amines) is 1. The number of carbonyl (C=O) groups is 4. The first kappa shape index (κ1) is 35.0. The van der Waals surface area contributed by atoms with Crippen LogP contribution in [0.25, 0.3) is 0 Å². The molecule has 5 heterocycles. The third-order valence-corrected chi connectivity index (χ3v) is 13.5. The van der Waals surface area contributed by atoms with Crippen molar-refractivity contribution in [3.63, 3.8) is 0 Å². The number of imide groups is 1. The van der Waals surface area contributed by atoms with Crippen LogP contribution in [0.4, 0.5) is 5.69 Å². The Kier molecular flexibility index (Phi) is 8.50. The van der Waals surface area contributed by atoms with Gasteiger partial charge in [0.2, 0.25) is 17.7 Å². The molecule has 1 N–H and O–H groups in total. The van der Waals surface area contributed by atoms with Crippen LogP contribution in [0.3, 0.4) is 0 Å². The van der Waals surface area contributed by atoms with Gasteiger partial charge in [-0.05, 0) is 107 Å². The van der Waals surface area contributed by atoms with E-state index >= 15 is 0 Å². The van der Waals surface area contributed by atoms with Crippen molar-refractivity contribution in [3.05, 3.63) is 129 Å². The number of carbonyl (C=O) groups excluding carboxylic acids is 4. The van der Waals surface area contributed by atoms with Gasteiger partial charge >= 0.3 is 0 Å². The van der Waals surface area contributed by atoms with E-state index < -0.39 is 0 Å². The van der Waals surface area contributed by atoms with E-state index in [1.165, 1.54) is 33.0 Å². The first-order chi connectivity index (χ1) is 27.2. The lowest BCUT2D eigenvalue weighted by atomic mass is 9.69. The van der Waals surface area contributed by atoms with Crippen LogP contribution in [-0.2, 0) is 40.4 Å². The number of hydrogen-bond acceptors (Lipinski definition) is 7. The van der Waals surface area contributed by atoms with Crippen LogP contribution in [-0.4, -0.2) is 81.3 Å². The molecule has 4 amide bonds. The Labute approximate surface area is 327 Å². The van der Waals surface area contributed by atoms with Crippen LogP contribution in [0.2, 0.25) is 0 Å². The second kappa shape index (κ2) is 13.6. The van der Waals surface area contributed by atoms with Crippen molar-refractivity contribution in [2.75, 3.05) is 37.6 Å². The highest BCUT2D eigenvalue weighted by Crippen LogP contribution is 2.48. The minimum atomic E-state index is -0.314. The molecule has 4 aromatic rings. The maximum absolute atomic E-state index is 13.5. The number of phenols is 1. The van der Waals surface area contributed by atoms with Crippen molar-refractivity contribution >= 4 is 29.3 Å². The largest absolute Gasteiger partial charge is 0.508 e. The summed E-state index contributed by atoms with van der Waals surface area (Å²) in [7, 11) is 0. The molecule has 0 saturated carbocycles. The Hall–Kier alpha value is -5.48. The second-order valence-corrected chi connectivity index (χ2v) is 17.0. The van der Waals surface area contributed by atoms with Crippen LogP contribution in [0.15, 0.2) is 84.9 Å². The summed E-state index contributed by atoms with van der Waals surface area (Å²) in [5.41, 5.74) is 10.2. The van der Waals surface area contributed by atoms with Gasteiger partial charge in [0.25, 0.3) is 5.91 Å². The molecule has 4 aromatic carbocycles. The van der Waals surface area contributed by atoms with Crippen LogP contribution in [0.5, 0.6) is 5.75 Å². The van der Waals surface area contributed by atoms with E-state index in [0.717, 1.165) is 73.6 Å². The first-order valence-corrected chi connectivity index (χ1v) is 20.3. The molecule has 3 saturated heterocycles. The summed E-state index contributed by atoms with van der Waals surface area (Å²) in [6.07, 6.45) is 5.10. The van der Waals surface area contributed by atoms with Crippen molar-refractivity contribution in [3.8, 4) is 5.75 Å². The van der Waals surface area contributed by atoms with Gasteiger partial charge in [0.05, 0.1) is 13.1 Å². The van der Waals surface area contributed by atoms with Crippen LogP contribution in [0, 0.1) is 5.41 Å². The number of amides is 4. The van der Waals surface area contributed by atoms with Gasteiger partial charge < -0.3 is 14.9 Å². The molecule has 6 aliphatic rings.